The first-order chi connectivity index (χ1) is 7.25. The number of carbonyl (C=O) groups excluding carboxylic acids is 1. The Morgan fingerprint density at radius 1 is 1.56 bits per heavy atom. The molecule has 1 aromatic heterocycles. The maximum atomic E-state index is 11.7. The SMILES string of the molecule is Cc1cccc(NC(=O)[C@@H]2CCCN2)n1.Cl. The molecule has 0 unspecified atom stereocenters. The van der Waals surface area contributed by atoms with Crippen molar-refractivity contribution in [3.63, 3.8) is 0 Å². The predicted octanol–water partition coefficient (Wildman–Crippen LogP) is 1.50. The maximum absolute atomic E-state index is 11.7. The fraction of sp³-hybridized carbons (Fsp3) is 0.455. The van der Waals surface area contributed by atoms with Crippen LogP contribution in [0.2, 0.25) is 0 Å². The average Bonchev–Trinajstić information content (AvgIpc) is 2.70. The first-order valence-electron chi connectivity index (χ1n) is 5.23. The molecule has 0 radical (unpaired) electrons. The molecule has 0 bridgehead atoms. The molecule has 5 heteroatoms. The normalized spacial score (nSPS) is 18.9. The summed E-state index contributed by atoms with van der Waals surface area (Å²) >= 11 is 0. The molecule has 4 nitrogen and oxygen atoms in total. The van der Waals surface area contributed by atoms with Crippen molar-refractivity contribution in [3.8, 4) is 0 Å². The zero-order chi connectivity index (χ0) is 10.7. The summed E-state index contributed by atoms with van der Waals surface area (Å²) in [6.07, 6.45) is 1.98. The summed E-state index contributed by atoms with van der Waals surface area (Å²) in [4.78, 5) is 15.9. The van der Waals surface area contributed by atoms with Gasteiger partial charge in [-0.2, -0.15) is 0 Å². The van der Waals surface area contributed by atoms with E-state index < -0.39 is 0 Å². The quantitative estimate of drug-likeness (QED) is 0.825. The number of aryl methyl sites for hydroxylation is 1. The molecule has 1 aliphatic rings. The molecule has 0 spiro atoms. The minimum absolute atomic E-state index is 0. The van der Waals surface area contributed by atoms with Crippen LogP contribution in [0, 0.1) is 6.92 Å². The molecule has 0 aromatic carbocycles. The second kappa shape index (κ2) is 5.82. The minimum Gasteiger partial charge on any atom is -0.309 e. The molecule has 88 valence electrons. The monoisotopic (exact) mass is 241 g/mol. The van der Waals surface area contributed by atoms with Gasteiger partial charge in [0, 0.05) is 5.69 Å². The van der Waals surface area contributed by atoms with Gasteiger partial charge in [-0.15, -0.1) is 12.4 Å². The number of amides is 1. The van der Waals surface area contributed by atoms with Gasteiger partial charge in [0.05, 0.1) is 6.04 Å². The summed E-state index contributed by atoms with van der Waals surface area (Å²) in [5.41, 5.74) is 0.909. The lowest BCUT2D eigenvalue weighted by atomic mass is 10.2. The Morgan fingerprint density at radius 3 is 3.00 bits per heavy atom. The summed E-state index contributed by atoms with van der Waals surface area (Å²) in [6, 6.07) is 5.55. The third-order valence-corrected chi connectivity index (χ3v) is 2.52. The van der Waals surface area contributed by atoms with E-state index in [0.717, 1.165) is 25.1 Å². The van der Waals surface area contributed by atoms with E-state index in [0.29, 0.717) is 5.82 Å². The van der Waals surface area contributed by atoms with Gasteiger partial charge in [0.2, 0.25) is 5.91 Å². The van der Waals surface area contributed by atoms with Crippen LogP contribution in [0.15, 0.2) is 18.2 Å². The van der Waals surface area contributed by atoms with Gasteiger partial charge in [-0.25, -0.2) is 4.98 Å². The van der Waals surface area contributed by atoms with Crippen LogP contribution in [-0.4, -0.2) is 23.5 Å². The lowest BCUT2D eigenvalue weighted by Gasteiger charge is -2.10. The number of hydrogen-bond acceptors (Lipinski definition) is 3. The highest BCUT2D eigenvalue weighted by Gasteiger charge is 2.21. The first-order valence-corrected chi connectivity index (χ1v) is 5.23. The number of pyridine rings is 1. The maximum Gasteiger partial charge on any atom is 0.242 e. The molecule has 2 N–H and O–H groups in total. The van der Waals surface area contributed by atoms with Crippen molar-refractivity contribution in [2.45, 2.75) is 25.8 Å². The highest BCUT2D eigenvalue weighted by Crippen LogP contribution is 2.09. The van der Waals surface area contributed by atoms with Crippen molar-refractivity contribution < 1.29 is 4.79 Å². The summed E-state index contributed by atoms with van der Waals surface area (Å²) in [6.45, 7) is 2.84. The predicted molar refractivity (Wildman–Crippen MR) is 65.9 cm³/mol. The van der Waals surface area contributed by atoms with Crippen molar-refractivity contribution >= 4 is 24.1 Å². The van der Waals surface area contributed by atoms with E-state index >= 15 is 0 Å². The molecular formula is C11H16ClN3O. The summed E-state index contributed by atoms with van der Waals surface area (Å²) in [5.74, 6) is 0.652. The standard InChI is InChI=1S/C11H15N3O.ClH/c1-8-4-2-6-10(13-8)14-11(15)9-5-3-7-12-9;/h2,4,6,9,12H,3,5,7H2,1H3,(H,13,14,15);1H/t9-;/m0./s1. The van der Waals surface area contributed by atoms with Crippen LogP contribution in [0.25, 0.3) is 0 Å². The Morgan fingerprint density at radius 2 is 2.38 bits per heavy atom. The van der Waals surface area contributed by atoms with Crippen molar-refractivity contribution in [1.82, 2.24) is 10.3 Å². The first kappa shape index (κ1) is 12.9. The van der Waals surface area contributed by atoms with Crippen LogP contribution in [0.5, 0.6) is 0 Å². The molecule has 0 saturated carbocycles. The lowest BCUT2D eigenvalue weighted by molar-refractivity contribution is -0.117. The molecule has 2 heterocycles. The second-order valence-corrected chi connectivity index (χ2v) is 3.80. The van der Waals surface area contributed by atoms with Gasteiger partial charge in [-0.3, -0.25) is 4.79 Å². The Bertz CT molecular complexity index is 364. The van der Waals surface area contributed by atoms with Crippen LogP contribution < -0.4 is 10.6 Å². The van der Waals surface area contributed by atoms with E-state index in [2.05, 4.69) is 15.6 Å². The van der Waals surface area contributed by atoms with Gasteiger partial charge in [0.15, 0.2) is 0 Å². The molecule has 1 aliphatic heterocycles. The molecule has 1 amide bonds. The van der Waals surface area contributed by atoms with E-state index in [1.165, 1.54) is 0 Å². The van der Waals surface area contributed by atoms with Crippen molar-refractivity contribution in [1.29, 1.82) is 0 Å². The fourth-order valence-electron chi connectivity index (χ4n) is 1.73. The van der Waals surface area contributed by atoms with Gasteiger partial charge >= 0.3 is 0 Å². The minimum atomic E-state index is -0.0488. The average molecular weight is 242 g/mol. The van der Waals surface area contributed by atoms with Gasteiger partial charge in [0.25, 0.3) is 0 Å². The number of halogens is 1. The number of carbonyl (C=O) groups is 1. The third-order valence-electron chi connectivity index (χ3n) is 2.52. The number of rotatable bonds is 2. The van der Waals surface area contributed by atoms with Gasteiger partial charge in [-0.05, 0) is 38.4 Å². The number of nitrogens with one attached hydrogen (secondary N) is 2. The van der Waals surface area contributed by atoms with Gasteiger partial charge in [-0.1, -0.05) is 6.07 Å². The molecule has 1 aromatic rings. The molecule has 1 saturated heterocycles. The van der Waals surface area contributed by atoms with E-state index in [4.69, 9.17) is 0 Å². The van der Waals surface area contributed by atoms with Crippen molar-refractivity contribution in [3.05, 3.63) is 23.9 Å². The molecular weight excluding hydrogens is 226 g/mol. The van der Waals surface area contributed by atoms with Crippen LogP contribution in [0.3, 0.4) is 0 Å². The number of nitrogens with zero attached hydrogens (tertiary/aromatic N) is 1. The molecule has 2 rings (SSSR count). The number of aromatic nitrogens is 1. The van der Waals surface area contributed by atoms with E-state index in [1.807, 2.05) is 19.1 Å². The summed E-state index contributed by atoms with van der Waals surface area (Å²) in [5, 5.41) is 5.96. The molecule has 1 atom stereocenters. The zero-order valence-electron chi connectivity index (χ0n) is 9.19. The van der Waals surface area contributed by atoms with E-state index in [1.54, 1.807) is 6.07 Å². The molecule has 16 heavy (non-hydrogen) atoms. The van der Waals surface area contributed by atoms with E-state index in [9.17, 15) is 4.79 Å². The topological polar surface area (TPSA) is 54.0 Å². The molecule has 1 fully saturated rings. The molecule has 0 aliphatic carbocycles. The Hall–Kier alpha value is -1.13. The fourth-order valence-corrected chi connectivity index (χ4v) is 1.73. The van der Waals surface area contributed by atoms with Gasteiger partial charge < -0.3 is 10.6 Å². The Balaban J connectivity index is 0.00000128. The zero-order valence-corrected chi connectivity index (χ0v) is 10.0. The van der Waals surface area contributed by atoms with Gasteiger partial charge in [0.1, 0.15) is 5.82 Å². The summed E-state index contributed by atoms with van der Waals surface area (Å²) in [7, 11) is 0. The number of anilines is 1. The highest BCUT2D eigenvalue weighted by atomic mass is 35.5. The van der Waals surface area contributed by atoms with Crippen LogP contribution in [0.1, 0.15) is 18.5 Å². The second-order valence-electron chi connectivity index (χ2n) is 3.80. The largest absolute Gasteiger partial charge is 0.309 e. The number of hydrogen-bond donors (Lipinski definition) is 2. The Kier molecular flexibility index (Phi) is 4.71. The van der Waals surface area contributed by atoms with Crippen molar-refractivity contribution in [2.24, 2.45) is 0 Å². The summed E-state index contributed by atoms with van der Waals surface area (Å²) < 4.78 is 0. The third kappa shape index (κ3) is 3.18. The van der Waals surface area contributed by atoms with Crippen LogP contribution in [0.4, 0.5) is 5.82 Å². The van der Waals surface area contributed by atoms with Crippen molar-refractivity contribution in [2.75, 3.05) is 11.9 Å². The van der Waals surface area contributed by atoms with Crippen LogP contribution >= 0.6 is 12.4 Å². The van der Waals surface area contributed by atoms with E-state index in [-0.39, 0.29) is 24.4 Å². The lowest BCUT2D eigenvalue weighted by Crippen LogP contribution is -2.35. The smallest absolute Gasteiger partial charge is 0.242 e. The highest BCUT2D eigenvalue weighted by molar-refractivity contribution is 5.94. The van der Waals surface area contributed by atoms with Crippen LogP contribution in [-0.2, 0) is 4.79 Å². The Labute approximate surface area is 101 Å².